The molecular weight excluding hydrogens is 294 g/mol. The van der Waals surface area contributed by atoms with E-state index in [4.69, 9.17) is 5.11 Å². The predicted octanol–water partition coefficient (Wildman–Crippen LogP) is 3.10. The highest BCUT2D eigenvalue weighted by molar-refractivity contribution is 5.93. The van der Waals surface area contributed by atoms with Crippen molar-refractivity contribution in [1.82, 2.24) is 10.2 Å². The number of piperidine rings is 1. The molecule has 2 aromatic carbocycles. The molecular formula is C17H19N3O3. The molecule has 0 aromatic heterocycles. The van der Waals surface area contributed by atoms with Crippen LogP contribution in [0.4, 0.5) is 15.3 Å². The Hall–Kier alpha value is -2.76. The van der Waals surface area contributed by atoms with Gasteiger partial charge >= 0.3 is 12.1 Å². The molecule has 1 fully saturated rings. The fourth-order valence-corrected chi connectivity index (χ4v) is 2.83. The number of urea groups is 1. The lowest BCUT2D eigenvalue weighted by Crippen LogP contribution is -2.47. The summed E-state index contributed by atoms with van der Waals surface area (Å²) < 4.78 is 0. The molecule has 3 amide bonds. The number of hydrogen-bond acceptors (Lipinski definition) is 2. The van der Waals surface area contributed by atoms with Crippen molar-refractivity contribution in [2.24, 2.45) is 0 Å². The topological polar surface area (TPSA) is 81.7 Å². The average molecular weight is 313 g/mol. The van der Waals surface area contributed by atoms with Gasteiger partial charge < -0.3 is 20.6 Å². The summed E-state index contributed by atoms with van der Waals surface area (Å²) in [7, 11) is 0. The number of amides is 3. The first kappa shape index (κ1) is 15.1. The highest BCUT2D eigenvalue weighted by atomic mass is 16.4. The van der Waals surface area contributed by atoms with Crippen LogP contribution in [0.15, 0.2) is 42.5 Å². The summed E-state index contributed by atoms with van der Waals surface area (Å²) in [6, 6.07) is 13.5. The quantitative estimate of drug-likeness (QED) is 0.797. The van der Waals surface area contributed by atoms with E-state index in [1.807, 2.05) is 42.5 Å². The Morgan fingerprint density at radius 3 is 2.43 bits per heavy atom. The van der Waals surface area contributed by atoms with Gasteiger partial charge in [0.25, 0.3) is 0 Å². The first-order chi connectivity index (χ1) is 11.1. The van der Waals surface area contributed by atoms with Crippen molar-refractivity contribution < 1.29 is 14.7 Å². The fourth-order valence-electron chi connectivity index (χ4n) is 2.83. The number of benzene rings is 2. The van der Waals surface area contributed by atoms with Gasteiger partial charge in [0.1, 0.15) is 0 Å². The molecule has 1 heterocycles. The number of likely N-dealkylation sites (tertiary alicyclic amines) is 1. The molecule has 0 aliphatic carbocycles. The SMILES string of the molecule is O=C(Nc1ccc2ccccc2c1)NC1CCN(C(=O)O)CC1. The molecule has 0 saturated carbocycles. The maximum Gasteiger partial charge on any atom is 0.407 e. The predicted molar refractivity (Wildman–Crippen MR) is 88.7 cm³/mol. The largest absolute Gasteiger partial charge is 0.465 e. The third-order valence-electron chi connectivity index (χ3n) is 4.11. The van der Waals surface area contributed by atoms with Crippen LogP contribution < -0.4 is 10.6 Å². The lowest BCUT2D eigenvalue weighted by molar-refractivity contribution is 0.130. The number of anilines is 1. The van der Waals surface area contributed by atoms with Crippen molar-refractivity contribution >= 4 is 28.6 Å². The van der Waals surface area contributed by atoms with E-state index in [-0.39, 0.29) is 12.1 Å². The van der Waals surface area contributed by atoms with E-state index in [0.29, 0.717) is 25.9 Å². The average Bonchev–Trinajstić information content (AvgIpc) is 2.55. The van der Waals surface area contributed by atoms with Crippen molar-refractivity contribution in [1.29, 1.82) is 0 Å². The van der Waals surface area contributed by atoms with Crippen LogP contribution in [0.5, 0.6) is 0 Å². The Labute approximate surface area is 134 Å². The molecule has 3 N–H and O–H groups in total. The first-order valence-electron chi connectivity index (χ1n) is 7.66. The van der Waals surface area contributed by atoms with Gasteiger partial charge in [-0.2, -0.15) is 0 Å². The van der Waals surface area contributed by atoms with Crippen LogP contribution in [-0.2, 0) is 0 Å². The number of fused-ring (bicyclic) bond motifs is 1. The van der Waals surface area contributed by atoms with E-state index in [1.54, 1.807) is 0 Å². The molecule has 6 heteroatoms. The van der Waals surface area contributed by atoms with Crippen molar-refractivity contribution in [3.05, 3.63) is 42.5 Å². The van der Waals surface area contributed by atoms with Crippen LogP contribution in [0.2, 0.25) is 0 Å². The summed E-state index contributed by atoms with van der Waals surface area (Å²) >= 11 is 0. The second-order valence-corrected chi connectivity index (χ2v) is 5.70. The van der Waals surface area contributed by atoms with E-state index >= 15 is 0 Å². The van der Waals surface area contributed by atoms with Crippen molar-refractivity contribution in [3.63, 3.8) is 0 Å². The molecule has 1 saturated heterocycles. The van der Waals surface area contributed by atoms with Crippen LogP contribution in [0.1, 0.15) is 12.8 Å². The van der Waals surface area contributed by atoms with Gasteiger partial charge in [-0.1, -0.05) is 30.3 Å². The molecule has 0 radical (unpaired) electrons. The highest BCUT2D eigenvalue weighted by Crippen LogP contribution is 2.19. The first-order valence-corrected chi connectivity index (χ1v) is 7.66. The molecule has 1 aliphatic rings. The monoisotopic (exact) mass is 313 g/mol. The van der Waals surface area contributed by atoms with Gasteiger partial charge in [-0.15, -0.1) is 0 Å². The molecule has 0 unspecified atom stereocenters. The number of rotatable bonds is 2. The molecule has 23 heavy (non-hydrogen) atoms. The normalized spacial score (nSPS) is 15.4. The molecule has 3 rings (SSSR count). The minimum atomic E-state index is -0.899. The Morgan fingerprint density at radius 1 is 1.04 bits per heavy atom. The van der Waals surface area contributed by atoms with Crippen molar-refractivity contribution in [2.75, 3.05) is 18.4 Å². The molecule has 0 spiro atoms. The van der Waals surface area contributed by atoms with Gasteiger partial charge in [-0.25, -0.2) is 9.59 Å². The Morgan fingerprint density at radius 2 is 1.74 bits per heavy atom. The Kier molecular flexibility index (Phi) is 4.32. The summed E-state index contributed by atoms with van der Waals surface area (Å²) in [5.74, 6) is 0. The summed E-state index contributed by atoms with van der Waals surface area (Å²) in [4.78, 5) is 24.3. The Bertz CT molecular complexity index is 724. The zero-order valence-electron chi connectivity index (χ0n) is 12.7. The van der Waals surface area contributed by atoms with E-state index in [2.05, 4.69) is 10.6 Å². The third-order valence-corrected chi connectivity index (χ3v) is 4.11. The van der Waals surface area contributed by atoms with Crippen LogP contribution in [0.25, 0.3) is 10.8 Å². The maximum absolute atomic E-state index is 12.1. The second kappa shape index (κ2) is 6.56. The van der Waals surface area contributed by atoms with Crippen molar-refractivity contribution in [3.8, 4) is 0 Å². The molecule has 6 nitrogen and oxygen atoms in total. The van der Waals surface area contributed by atoms with E-state index in [1.165, 1.54) is 4.90 Å². The number of carboxylic acid groups (broad SMARTS) is 1. The minimum Gasteiger partial charge on any atom is -0.465 e. The van der Waals surface area contributed by atoms with Crippen LogP contribution in [0.3, 0.4) is 0 Å². The number of carbonyl (C=O) groups is 2. The maximum atomic E-state index is 12.1. The molecule has 0 bridgehead atoms. The zero-order valence-corrected chi connectivity index (χ0v) is 12.7. The summed E-state index contributed by atoms with van der Waals surface area (Å²) in [6.07, 6.45) is 0.374. The van der Waals surface area contributed by atoms with Gasteiger partial charge in [0, 0.05) is 24.8 Å². The molecule has 1 aliphatic heterocycles. The molecule has 120 valence electrons. The van der Waals surface area contributed by atoms with Gasteiger partial charge in [-0.05, 0) is 35.7 Å². The third kappa shape index (κ3) is 3.71. The lowest BCUT2D eigenvalue weighted by atomic mass is 10.1. The van der Waals surface area contributed by atoms with Crippen molar-refractivity contribution in [2.45, 2.75) is 18.9 Å². The minimum absolute atomic E-state index is 0.00561. The summed E-state index contributed by atoms with van der Waals surface area (Å²) in [6.45, 7) is 0.909. The Balaban J connectivity index is 1.55. The van der Waals surface area contributed by atoms with Gasteiger partial charge in [0.05, 0.1) is 0 Å². The highest BCUT2D eigenvalue weighted by Gasteiger charge is 2.23. The fraction of sp³-hybridized carbons (Fsp3) is 0.294. The standard InChI is InChI=1S/C17H19N3O3/c21-16(18-14-7-9-20(10-8-14)17(22)23)19-15-6-5-12-3-1-2-4-13(12)11-15/h1-6,11,14H,7-10H2,(H,22,23)(H2,18,19,21). The second-order valence-electron chi connectivity index (χ2n) is 5.70. The van der Waals surface area contributed by atoms with Gasteiger partial charge in [-0.3, -0.25) is 0 Å². The number of nitrogens with one attached hydrogen (secondary N) is 2. The summed E-state index contributed by atoms with van der Waals surface area (Å²) in [5, 5.41) is 16.8. The number of nitrogens with zero attached hydrogens (tertiary/aromatic N) is 1. The van der Waals surface area contributed by atoms with E-state index < -0.39 is 6.09 Å². The van der Waals surface area contributed by atoms with Crippen LogP contribution >= 0.6 is 0 Å². The van der Waals surface area contributed by atoms with Gasteiger partial charge in [0.2, 0.25) is 0 Å². The smallest absolute Gasteiger partial charge is 0.407 e. The van der Waals surface area contributed by atoms with Gasteiger partial charge in [0.15, 0.2) is 0 Å². The van der Waals surface area contributed by atoms with E-state index in [0.717, 1.165) is 16.5 Å². The van der Waals surface area contributed by atoms with Crippen LogP contribution in [0, 0.1) is 0 Å². The molecule has 0 atom stereocenters. The lowest BCUT2D eigenvalue weighted by Gasteiger charge is -2.30. The number of carbonyl (C=O) groups excluding carboxylic acids is 1. The van der Waals surface area contributed by atoms with E-state index in [9.17, 15) is 9.59 Å². The molecule has 2 aromatic rings. The number of hydrogen-bond donors (Lipinski definition) is 3. The zero-order chi connectivity index (χ0) is 16.2. The summed E-state index contributed by atoms with van der Waals surface area (Å²) in [5.41, 5.74) is 0.740. The van der Waals surface area contributed by atoms with Crippen LogP contribution in [-0.4, -0.2) is 41.3 Å².